The SMILES string of the molecule is CCn1c(=O)c2ccccc2n(CC(=O)N2CCN(C(=O)C3CCCO3)CC2)c1=O. The molecule has 2 aliphatic rings. The van der Waals surface area contributed by atoms with Gasteiger partial charge in [-0.2, -0.15) is 0 Å². The number of para-hydroxylation sites is 1. The number of hydrogen-bond acceptors (Lipinski definition) is 5. The molecule has 2 saturated heterocycles. The van der Waals surface area contributed by atoms with Crippen LogP contribution >= 0.6 is 0 Å². The van der Waals surface area contributed by atoms with Crippen LogP contribution in [0.25, 0.3) is 10.9 Å². The summed E-state index contributed by atoms with van der Waals surface area (Å²) in [7, 11) is 0. The van der Waals surface area contributed by atoms with E-state index in [0.29, 0.717) is 43.7 Å². The fraction of sp³-hybridized carbons (Fsp3) is 0.524. The Morgan fingerprint density at radius 3 is 2.40 bits per heavy atom. The summed E-state index contributed by atoms with van der Waals surface area (Å²) >= 11 is 0. The zero-order valence-corrected chi connectivity index (χ0v) is 17.1. The van der Waals surface area contributed by atoms with Crippen LogP contribution in [0, 0.1) is 0 Å². The van der Waals surface area contributed by atoms with Gasteiger partial charge in [0.05, 0.1) is 10.9 Å². The summed E-state index contributed by atoms with van der Waals surface area (Å²) in [6.07, 6.45) is 1.30. The Morgan fingerprint density at radius 1 is 1.03 bits per heavy atom. The number of rotatable bonds is 4. The molecule has 30 heavy (non-hydrogen) atoms. The molecule has 2 aromatic rings. The third-order valence-corrected chi connectivity index (χ3v) is 5.89. The maximum atomic E-state index is 12.9. The van der Waals surface area contributed by atoms with Crippen molar-refractivity contribution in [3.8, 4) is 0 Å². The summed E-state index contributed by atoms with van der Waals surface area (Å²) in [6, 6.07) is 6.84. The summed E-state index contributed by atoms with van der Waals surface area (Å²) < 4.78 is 7.98. The minimum Gasteiger partial charge on any atom is -0.368 e. The molecule has 0 N–H and O–H groups in total. The molecule has 2 aliphatic heterocycles. The van der Waals surface area contributed by atoms with Crippen LogP contribution in [0.4, 0.5) is 0 Å². The smallest absolute Gasteiger partial charge is 0.331 e. The normalized spacial score (nSPS) is 19.4. The van der Waals surface area contributed by atoms with E-state index in [1.54, 1.807) is 41.0 Å². The summed E-state index contributed by atoms with van der Waals surface area (Å²) in [5.41, 5.74) is -0.373. The van der Waals surface area contributed by atoms with Gasteiger partial charge in [-0.05, 0) is 31.9 Å². The van der Waals surface area contributed by atoms with Crippen LogP contribution in [0.5, 0.6) is 0 Å². The molecule has 0 saturated carbocycles. The molecule has 0 spiro atoms. The van der Waals surface area contributed by atoms with Crippen molar-refractivity contribution in [2.75, 3.05) is 32.8 Å². The maximum absolute atomic E-state index is 12.9. The molecule has 1 unspecified atom stereocenters. The maximum Gasteiger partial charge on any atom is 0.331 e. The first kappa shape index (κ1) is 20.3. The highest BCUT2D eigenvalue weighted by Crippen LogP contribution is 2.16. The molecule has 9 nitrogen and oxygen atoms in total. The molecular weight excluding hydrogens is 388 g/mol. The Balaban J connectivity index is 1.50. The van der Waals surface area contributed by atoms with Crippen LogP contribution in [-0.4, -0.2) is 69.6 Å². The van der Waals surface area contributed by atoms with E-state index in [0.717, 1.165) is 17.4 Å². The van der Waals surface area contributed by atoms with Gasteiger partial charge in [0.15, 0.2) is 0 Å². The molecular formula is C21H26N4O5. The second-order valence-electron chi connectivity index (χ2n) is 7.64. The van der Waals surface area contributed by atoms with Gasteiger partial charge in [-0.15, -0.1) is 0 Å². The van der Waals surface area contributed by atoms with Gasteiger partial charge in [-0.25, -0.2) is 4.79 Å². The van der Waals surface area contributed by atoms with Crippen molar-refractivity contribution in [2.45, 2.75) is 39.0 Å². The van der Waals surface area contributed by atoms with Gasteiger partial charge in [-0.3, -0.25) is 23.5 Å². The van der Waals surface area contributed by atoms with Gasteiger partial charge in [0.1, 0.15) is 12.6 Å². The molecule has 3 heterocycles. The number of piperazine rings is 1. The molecule has 0 radical (unpaired) electrons. The summed E-state index contributed by atoms with van der Waals surface area (Å²) in [6.45, 7) is 4.18. The van der Waals surface area contributed by atoms with E-state index < -0.39 is 5.69 Å². The number of nitrogens with zero attached hydrogens (tertiary/aromatic N) is 4. The van der Waals surface area contributed by atoms with E-state index in [1.165, 1.54) is 4.57 Å². The standard InChI is InChI=1S/C21H26N4O5/c1-2-24-19(27)15-6-3-4-7-16(15)25(21(24)29)14-18(26)22-9-11-23(12-10-22)20(28)17-8-5-13-30-17/h3-4,6-7,17H,2,5,8-14H2,1H3. The number of aromatic nitrogens is 2. The Hall–Kier alpha value is -2.94. The van der Waals surface area contributed by atoms with Gasteiger partial charge in [0.2, 0.25) is 5.91 Å². The first-order chi connectivity index (χ1) is 14.5. The predicted octanol–water partition coefficient (Wildman–Crippen LogP) is 0.0329. The number of hydrogen-bond donors (Lipinski definition) is 0. The van der Waals surface area contributed by atoms with Crippen molar-refractivity contribution in [3.05, 3.63) is 45.1 Å². The van der Waals surface area contributed by atoms with Gasteiger partial charge in [0, 0.05) is 39.3 Å². The molecule has 1 atom stereocenters. The molecule has 0 aliphatic carbocycles. The largest absolute Gasteiger partial charge is 0.368 e. The quantitative estimate of drug-likeness (QED) is 0.704. The Bertz CT molecular complexity index is 1070. The van der Waals surface area contributed by atoms with E-state index in [1.807, 2.05) is 0 Å². The van der Waals surface area contributed by atoms with Gasteiger partial charge < -0.3 is 14.5 Å². The lowest BCUT2D eigenvalue weighted by molar-refractivity contribution is -0.146. The summed E-state index contributed by atoms with van der Waals surface area (Å²) in [5.74, 6) is -0.204. The fourth-order valence-corrected chi connectivity index (χ4v) is 4.19. The van der Waals surface area contributed by atoms with Crippen LogP contribution in [0.15, 0.2) is 33.9 Å². The molecule has 4 rings (SSSR count). The van der Waals surface area contributed by atoms with Crippen molar-refractivity contribution >= 4 is 22.7 Å². The average Bonchev–Trinajstić information content (AvgIpc) is 3.31. The van der Waals surface area contributed by atoms with Crippen LogP contribution in [-0.2, 0) is 27.4 Å². The zero-order valence-electron chi connectivity index (χ0n) is 17.1. The number of amides is 2. The van der Waals surface area contributed by atoms with Gasteiger partial charge in [0.25, 0.3) is 11.5 Å². The van der Waals surface area contributed by atoms with Gasteiger partial charge in [-0.1, -0.05) is 12.1 Å². The van der Waals surface area contributed by atoms with Crippen LogP contribution in [0.3, 0.4) is 0 Å². The van der Waals surface area contributed by atoms with Crippen molar-refractivity contribution < 1.29 is 14.3 Å². The van der Waals surface area contributed by atoms with Crippen molar-refractivity contribution in [3.63, 3.8) is 0 Å². The Labute approximate surface area is 173 Å². The molecule has 1 aromatic carbocycles. The van der Waals surface area contributed by atoms with Crippen molar-refractivity contribution in [1.82, 2.24) is 18.9 Å². The van der Waals surface area contributed by atoms with E-state index in [-0.39, 0.29) is 36.6 Å². The molecule has 0 bridgehead atoms. The monoisotopic (exact) mass is 414 g/mol. The number of fused-ring (bicyclic) bond motifs is 1. The van der Waals surface area contributed by atoms with E-state index in [2.05, 4.69) is 0 Å². The Kier molecular flexibility index (Phi) is 5.72. The third-order valence-electron chi connectivity index (χ3n) is 5.89. The molecule has 1 aromatic heterocycles. The van der Waals surface area contributed by atoms with Crippen molar-refractivity contribution in [1.29, 1.82) is 0 Å². The van der Waals surface area contributed by atoms with Gasteiger partial charge >= 0.3 is 5.69 Å². The zero-order chi connectivity index (χ0) is 21.3. The minimum absolute atomic E-state index is 0.00293. The topological polar surface area (TPSA) is 93.9 Å². The second-order valence-corrected chi connectivity index (χ2v) is 7.64. The average molecular weight is 414 g/mol. The molecule has 160 valence electrons. The predicted molar refractivity (Wildman–Crippen MR) is 110 cm³/mol. The summed E-state index contributed by atoms with van der Waals surface area (Å²) in [5, 5.41) is 0.415. The van der Waals surface area contributed by atoms with E-state index in [9.17, 15) is 19.2 Å². The molecule has 2 fully saturated rings. The van der Waals surface area contributed by atoms with E-state index >= 15 is 0 Å². The Morgan fingerprint density at radius 2 is 1.73 bits per heavy atom. The highest BCUT2D eigenvalue weighted by Gasteiger charge is 2.31. The molecule has 2 amide bonds. The highest BCUT2D eigenvalue weighted by molar-refractivity contribution is 5.83. The minimum atomic E-state index is -0.484. The van der Waals surface area contributed by atoms with E-state index in [4.69, 9.17) is 4.74 Å². The van der Waals surface area contributed by atoms with Crippen LogP contribution < -0.4 is 11.2 Å². The lowest BCUT2D eigenvalue weighted by Gasteiger charge is -2.35. The second kappa shape index (κ2) is 8.43. The molecule has 9 heteroatoms. The van der Waals surface area contributed by atoms with Crippen molar-refractivity contribution in [2.24, 2.45) is 0 Å². The number of ether oxygens (including phenoxy) is 1. The lowest BCUT2D eigenvalue weighted by atomic mass is 10.2. The van der Waals surface area contributed by atoms with Crippen LogP contribution in [0.1, 0.15) is 19.8 Å². The first-order valence-electron chi connectivity index (χ1n) is 10.4. The lowest BCUT2D eigenvalue weighted by Crippen LogP contribution is -2.54. The van der Waals surface area contributed by atoms with Crippen LogP contribution in [0.2, 0.25) is 0 Å². The number of benzene rings is 1. The third kappa shape index (κ3) is 3.65. The number of carbonyl (C=O) groups is 2. The number of carbonyl (C=O) groups excluding carboxylic acids is 2. The highest BCUT2D eigenvalue weighted by atomic mass is 16.5. The summed E-state index contributed by atoms with van der Waals surface area (Å²) in [4.78, 5) is 54.2. The fourth-order valence-electron chi connectivity index (χ4n) is 4.19. The first-order valence-corrected chi connectivity index (χ1v) is 10.4.